The summed E-state index contributed by atoms with van der Waals surface area (Å²) in [4.78, 5) is 11.0. The molecule has 0 saturated carbocycles. The lowest BCUT2D eigenvalue weighted by Crippen LogP contribution is -2.41. The van der Waals surface area contributed by atoms with Crippen LogP contribution in [0.4, 0.5) is 0 Å². The van der Waals surface area contributed by atoms with Gasteiger partial charge >= 0.3 is 5.97 Å². The molecular formula is C15H23NO5. The summed E-state index contributed by atoms with van der Waals surface area (Å²) in [6, 6.07) is 4.48. The average Bonchev–Trinajstić information content (AvgIpc) is 2.44. The highest BCUT2D eigenvalue weighted by molar-refractivity contribution is 5.67. The van der Waals surface area contributed by atoms with E-state index in [1.165, 1.54) is 7.11 Å². The number of aliphatic hydroxyl groups is 1. The van der Waals surface area contributed by atoms with Gasteiger partial charge in [0.05, 0.1) is 26.7 Å². The molecule has 0 aliphatic rings. The van der Waals surface area contributed by atoms with Gasteiger partial charge in [-0.1, -0.05) is 13.8 Å². The summed E-state index contributed by atoms with van der Waals surface area (Å²) < 4.78 is 10.4. The standard InChI is InChI=1S/C15H23NO5/c1-9(2)16-12(8-14(17)18)15(19)11-6-5-10(20-3)7-13(11)21-4/h5-7,9,12,15-16,19H,8H2,1-4H3,(H,17,18). The minimum absolute atomic E-state index is 0.0493. The molecule has 0 aliphatic carbocycles. The van der Waals surface area contributed by atoms with Crippen LogP contribution in [-0.2, 0) is 4.79 Å². The van der Waals surface area contributed by atoms with Crippen LogP contribution in [0, 0.1) is 0 Å². The van der Waals surface area contributed by atoms with Crippen LogP contribution < -0.4 is 14.8 Å². The van der Waals surface area contributed by atoms with E-state index in [4.69, 9.17) is 14.6 Å². The molecule has 0 fully saturated rings. The zero-order chi connectivity index (χ0) is 16.0. The molecule has 0 heterocycles. The SMILES string of the molecule is COc1ccc(C(O)C(CC(=O)O)NC(C)C)c(OC)c1. The van der Waals surface area contributed by atoms with E-state index in [1.54, 1.807) is 25.3 Å². The number of carbonyl (C=O) groups is 1. The molecule has 6 heteroatoms. The first-order valence-corrected chi connectivity index (χ1v) is 6.76. The van der Waals surface area contributed by atoms with Crippen LogP contribution in [0.3, 0.4) is 0 Å². The Morgan fingerprint density at radius 3 is 2.43 bits per heavy atom. The number of ether oxygens (including phenoxy) is 2. The zero-order valence-corrected chi connectivity index (χ0v) is 12.8. The van der Waals surface area contributed by atoms with E-state index >= 15 is 0 Å². The van der Waals surface area contributed by atoms with E-state index in [1.807, 2.05) is 13.8 Å². The Bertz CT molecular complexity index is 475. The van der Waals surface area contributed by atoms with Crippen molar-refractivity contribution < 1.29 is 24.5 Å². The lowest BCUT2D eigenvalue weighted by atomic mass is 9.98. The molecule has 0 bridgehead atoms. The quantitative estimate of drug-likeness (QED) is 0.675. The number of carboxylic acid groups (broad SMARTS) is 1. The summed E-state index contributed by atoms with van der Waals surface area (Å²) in [5.41, 5.74) is 0.526. The Hall–Kier alpha value is -1.79. The van der Waals surface area contributed by atoms with Crippen LogP contribution in [0.25, 0.3) is 0 Å². The second kappa shape index (κ2) is 7.85. The first kappa shape index (κ1) is 17.3. The fourth-order valence-corrected chi connectivity index (χ4v) is 2.16. The number of aliphatic hydroxyl groups excluding tert-OH is 1. The summed E-state index contributed by atoms with van der Waals surface area (Å²) in [6.07, 6.45) is -1.18. The van der Waals surface area contributed by atoms with Crippen LogP contribution in [0.1, 0.15) is 31.9 Å². The maximum atomic E-state index is 11.0. The van der Waals surface area contributed by atoms with E-state index in [2.05, 4.69) is 5.32 Å². The number of methoxy groups -OCH3 is 2. The van der Waals surface area contributed by atoms with Crippen molar-refractivity contribution in [1.29, 1.82) is 0 Å². The third-order valence-corrected chi connectivity index (χ3v) is 3.08. The van der Waals surface area contributed by atoms with E-state index in [-0.39, 0.29) is 12.5 Å². The predicted molar refractivity (Wildman–Crippen MR) is 78.8 cm³/mol. The van der Waals surface area contributed by atoms with Crippen molar-refractivity contribution in [2.24, 2.45) is 0 Å². The van der Waals surface area contributed by atoms with Crippen LogP contribution >= 0.6 is 0 Å². The Morgan fingerprint density at radius 2 is 1.95 bits per heavy atom. The summed E-state index contributed by atoms with van der Waals surface area (Å²) in [7, 11) is 3.03. The van der Waals surface area contributed by atoms with Gasteiger partial charge in [-0.3, -0.25) is 4.79 Å². The Balaban J connectivity index is 3.06. The van der Waals surface area contributed by atoms with Gasteiger partial charge in [0, 0.05) is 23.7 Å². The highest BCUT2D eigenvalue weighted by atomic mass is 16.5. The van der Waals surface area contributed by atoms with Gasteiger partial charge in [0.1, 0.15) is 11.5 Å². The third kappa shape index (κ3) is 4.91. The number of hydrogen-bond donors (Lipinski definition) is 3. The van der Waals surface area contributed by atoms with Gasteiger partial charge < -0.3 is 25.0 Å². The number of carboxylic acids is 1. The van der Waals surface area contributed by atoms with Gasteiger partial charge in [0.15, 0.2) is 0 Å². The molecule has 1 aromatic carbocycles. The lowest BCUT2D eigenvalue weighted by molar-refractivity contribution is -0.138. The first-order chi connectivity index (χ1) is 9.88. The topological polar surface area (TPSA) is 88.0 Å². The molecule has 2 unspecified atom stereocenters. The number of nitrogens with one attached hydrogen (secondary N) is 1. The third-order valence-electron chi connectivity index (χ3n) is 3.08. The van der Waals surface area contributed by atoms with Gasteiger partial charge in [-0.2, -0.15) is 0 Å². The number of aliphatic carboxylic acids is 1. The molecule has 0 amide bonds. The van der Waals surface area contributed by atoms with Crippen LogP contribution in [0.5, 0.6) is 11.5 Å². The highest BCUT2D eigenvalue weighted by Gasteiger charge is 2.26. The minimum atomic E-state index is -0.996. The molecule has 1 aromatic rings. The van der Waals surface area contributed by atoms with Crippen LogP contribution in [-0.4, -0.2) is 42.5 Å². The zero-order valence-electron chi connectivity index (χ0n) is 12.8. The normalized spacial score (nSPS) is 13.8. The molecule has 6 nitrogen and oxygen atoms in total. The van der Waals surface area contributed by atoms with Crippen LogP contribution in [0.15, 0.2) is 18.2 Å². The molecule has 0 spiro atoms. The van der Waals surface area contributed by atoms with Crippen molar-refractivity contribution in [3.63, 3.8) is 0 Å². The van der Waals surface area contributed by atoms with Crippen molar-refractivity contribution in [2.45, 2.75) is 38.5 Å². The maximum absolute atomic E-state index is 11.0. The number of benzene rings is 1. The van der Waals surface area contributed by atoms with Crippen LogP contribution in [0.2, 0.25) is 0 Å². The van der Waals surface area contributed by atoms with Gasteiger partial charge in [0.2, 0.25) is 0 Å². The van der Waals surface area contributed by atoms with Crippen molar-refractivity contribution in [3.05, 3.63) is 23.8 Å². The molecular weight excluding hydrogens is 274 g/mol. The fraction of sp³-hybridized carbons (Fsp3) is 0.533. The Morgan fingerprint density at radius 1 is 1.29 bits per heavy atom. The summed E-state index contributed by atoms with van der Waals surface area (Å²) in [5.74, 6) is 0.0943. The second-order valence-corrected chi connectivity index (χ2v) is 5.08. The maximum Gasteiger partial charge on any atom is 0.305 e. The van der Waals surface area contributed by atoms with E-state index in [9.17, 15) is 9.90 Å². The fourth-order valence-electron chi connectivity index (χ4n) is 2.16. The molecule has 3 N–H and O–H groups in total. The molecule has 0 saturated heterocycles. The summed E-state index contributed by atoms with van der Waals surface area (Å²) in [6.45, 7) is 3.79. The smallest absolute Gasteiger partial charge is 0.305 e. The van der Waals surface area contributed by atoms with Crippen molar-refractivity contribution in [3.8, 4) is 11.5 Å². The monoisotopic (exact) mass is 297 g/mol. The van der Waals surface area contributed by atoms with E-state index in [0.717, 1.165) is 0 Å². The first-order valence-electron chi connectivity index (χ1n) is 6.76. The molecule has 118 valence electrons. The Kier molecular flexibility index (Phi) is 6.45. The number of rotatable bonds is 8. The average molecular weight is 297 g/mol. The molecule has 21 heavy (non-hydrogen) atoms. The summed E-state index contributed by atoms with van der Waals surface area (Å²) in [5, 5.41) is 22.6. The van der Waals surface area contributed by atoms with Crippen molar-refractivity contribution in [2.75, 3.05) is 14.2 Å². The minimum Gasteiger partial charge on any atom is -0.497 e. The molecule has 2 atom stereocenters. The van der Waals surface area contributed by atoms with E-state index < -0.39 is 18.1 Å². The van der Waals surface area contributed by atoms with E-state index in [0.29, 0.717) is 17.1 Å². The molecule has 0 aromatic heterocycles. The second-order valence-electron chi connectivity index (χ2n) is 5.08. The van der Waals surface area contributed by atoms with Crippen molar-refractivity contribution >= 4 is 5.97 Å². The molecule has 0 aliphatic heterocycles. The van der Waals surface area contributed by atoms with Gasteiger partial charge in [-0.05, 0) is 12.1 Å². The lowest BCUT2D eigenvalue weighted by Gasteiger charge is -2.26. The highest BCUT2D eigenvalue weighted by Crippen LogP contribution is 2.31. The summed E-state index contributed by atoms with van der Waals surface area (Å²) >= 11 is 0. The molecule has 1 rings (SSSR count). The largest absolute Gasteiger partial charge is 0.497 e. The molecule has 0 radical (unpaired) electrons. The number of hydrogen-bond acceptors (Lipinski definition) is 5. The predicted octanol–water partition coefficient (Wildman–Crippen LogP) is 1.58. The van der Waals surface area contributed by atoms with Gasteiger partial charge in [-0.15, -0.1) is 0 Å². The van der Waals surface area contributed by atoms with Gasteiger partial charge in [0.25, 0.3) is 0 Å². The Labute approximate surface area is 124 Å². The van der Waals surface area contributed by atoms with Crippen molar-refractivity contribution in [1.82, 2.24) is 5.32 Å². The van der Waals surface area contributed by atoms with Gasteiger partial charge in [-0.25, -0.2) is 0 Å².